The second-order valence-electron chi connectivity index (χ2n) is 7.97. The fraction of sp³-hybridized carbons (Fsp3) is 0.611. The summed E-state index contributed by atoms with van der Waals surface area (Å²) in [7, 11) is 0. The molecule has 2 atom stereocenters. The Bertz CT molecular complexity index is 839. The Labute approximate surface area is 170 Å². The van der Waals surface area contributed by atoms with Crippen LogP contribution in [0.2, 0.25) is 0 Å². The van der Waals surface area contributed by atoms with Gasteiger partial charge in [0.2, 0.25) is 5.88 Å². The van der Waals surface area contributed by atoms with E-state index in [9.17, 15) is 4.79 Å². The minimum absolute atomic E-state index is 0.0450. The summed E-state index contributed by atoms with van der Waals surface area (Å²) in [6.45, 7) is 7.86. The molecule has 0 spiro atoms. The Hall–Kier alpha value is -1.45. The SMILES string of the molecule is CC(C)(C)OC(=O)N1CC2COCC(C1)C2Oc1ncnc2c(Br)csc12. The zero-order chi connectivity index (χ0) is 19.2. The van der Waals surface area contributed by atoms with Crippen molar-refractivity contribution in [3.8, 4) is 5.88 Å². The van der Waals surface area contributed by atoms with Crippen LogP contribution < -0.4 is 4.74 Å². The van der Waals surface area contributed by atoms with Gasteiger partial charge in [-0.05, 0) is 36.7 Å². The van der Waals surface area contributed by atoms with Gasteiger partial charge in [0.05, 0.1) is 17.7 Å². The summed E-state index contributed by atoms with van der Waals surface area (Å²) in [6.07, 6.45) is 1.21. The van der Waals surface area contributed by atoms with Gasteiger partial charge in [0.25, 0.3) is 0 Å². The van der Waals surface area contributed by atoms with Crippen molar-refractivity contribution >= 4 is 43.6 Å². The molecule has 0 N–H and O–H groups in total. The molecule has 0 aliphatic carbocycles. The van der Waals surface area contributed by atoms with Crippen LogP contribution in [0.15, 0.2) is 16.2 Å². The van der Waals surface area contributed by atoms with Gasteiger partial charge in [-0.25, -0.2) is 14.8 Å². The molecule has 2 aromatic rings. The smallest absolute Gasteiger partial charge is 0.410 e. The molecule has 2 saturated heterocycles. The van der Waals surface area contributed by atoms with E-state index in [1.54, 1.807) is 16.2 Å². The minimum Gasteiger partial charge on any atom is -0.472 e. The first-order chi connectivity index (χ1) is 12.8. The average Bonchev–Trinajstić information content (AvgIpc) is 2.95. The number of hydrogen-bond donors (Lipinski definition) is 0. The van der Waals surface area contributed by atoms with Crippen molar-refractivity contribution in [1.82, 2.24) is 14.9 Å². The summed E-state index contributed by atoms with van der Waals surface area (Å²) in [6, 6.07) is 0. The van der Waals surface area contributed by atoms with Crippen LogP contribution in [0.1, 0.15) is 20.8 Å². The van der Waals surface area contributed by atoms with Gasteiger partial charge in [0.15, 0.2) is 0 Å². The second-order valence-corrected chi connectivity index (χ2v) is 9.70. The highest BCUT2D eigenvalue weighted by Gasteiger charge is 2.44. The average molecular weight is 456 g/mol. The number of amides is 1. The number of hydrogen-bond acceptors (Lipinski definition) is 7. The standard InChI is InChI=1S/C18H22BrN3O4S/c1-18(2,3)26-17(23)22-4-10-6-24-7-11(5-22)14(10)25-16-15-13(20-9-21-16)12(19)8-27-15/h8-11,14H,4-7H2,1-3H3. The number of carbonyl (C=O) groups is 1. The van der Waals surface area contributed by atoms with Gasteiger partial charge in [-0.15, -0.1) is 11.3 Å². The van der Waals surface area contributed by atoms with E-state index in [2.05, 4.69) is 25.9 Å². The van der Waals surface area contributed by atoms with Crippen LogP contribution in [-0.2, 0) is 9.47 Å². The lowest BCUT2D eigenvalue weighted by Crippen LogP contribution is -2.59. The molecule has 1 amide bonds. The molecular formula is C18H22BrN3O4S. The Balaban J connectivity index is 1.52. The van der Waals surface area contributed by atoms with Crippen LogP contribution in [0.4, 0.5) is 4.79 Å². The molecule has 27 heavy (non-hydrogen) atoms. The van der Waals surface area contributed by atoms with Gasteiger partial charge in [0, 0.05) is 30.3 Å². The molecular weight excluding hydrogens is 434 g/mol. The van der Waals surface area contributed by atoms with E-state index < -0.39 is 5.60 Å². The molecule has 9 heteroatoms. The van der Waals surface area contributed by atoms with Gasteiger partial charge in [-0.3, -0.25) is 0 Å². The third-order valence-electron chi connectivity index (χ3n) is 4.68. The van der Waals surface area contributed by atoms with Crippen LogP contribution in [0.5, 0.6) is 5.88 Å². The molecule has 4 heterocycles. The maximum absolute atomic E-state index is 12.5. The molecule has 2 aliphatic heterocycles. The predicted octanol–water partition coefficient (Wildman–Crippen LogP) is 3.71. The summed E-state index contributed by atoms with van der Waals surface area (Å²) in [5.74, 6) is 0.764. The third-order valence-corrected chi connectivity index (χ3v) is 6.54. The molecule has 2 bridgehead atoms. The second kappa shape index (κ2) is 7.18. The molecule has 7 nitrogen and oxygen atoms in total. The van der Waals surface area contributed by atoms with Gasteiger partial charge in [-0.2, -0.15) is 0 Å². The fourth-order valence-electron chi connectivity index (χ4n) is 3.58. The monoisotopic (exact) mass is 455 g/mol. The quantitative estimate of drug-likeness (QED) is 0.686. The molecule has 146 valence electrons. The summed E-state index contributed by atoms with van der Waals surface area (Å²) >= 11 is 5.07. The largest absolute Gasteiger partial charge is 0.472 e. The summed E-state index contributed by atoms with van der Waals surface area (Å²) in [5.41, 5.74) is 0.354. The number of ether oxygens (including phenoxy) is 3. The van der Waals surface area contributed by atoms with E-state index in [4.69, 9.17) is 14.2 Å². The molecule has 2 fully saturated rings. The number of piperidine rings is 1. The predicted molar refractivity (Wildman–Crippen MR) is 105 cm³/mol. The number of fused-ring (bicyclic) bond motifs is 3. The third kappa shape index (κ3) is 3.90. The molecule has 2 aliphatic rings. The van der Waals surface area contributed by atoms with Crippen molar-refractivity contribution in [3.63, 3.8) is 0 Å². The zero-order valence-corrected chi connectivity index (χ0v) is 17.9. The highest BCUT2D eigenvalue weighted by molar-refractivity contribution is 9.10. The fourth-order valence-corrected chi connectivity index (χ4v) is 5.10. The summed E-state index contributed by atoms with van der Waals surface area (Å²) in [5, 5.41) is 1.99. The first-order valence-electron chi connectivity index (χ1n) is 8.92. The van der Waals surface area contributed by atoms with Crippen LogP contribution in [0, 0.1) is 11.8 Å². The van der Waals surface area contributed by atoms with Gasteiger partial charge in [-0.1, -0.05) is 0 Å². The lowest BCUT2D eigenvalue weighted by Gasteiger charge is -2.46. The molecule has 0 aromatic carbocycles. The molecule has 0 radical (unpaired) electrons. The van der Waals surface area contributed by atoms with Crippen LogP contribution >= 0.6 is 27.3 Å². The molecule has 0 saturated carbocycles. The van der Waals surface area contributed by atoms with Crippen molar-refractivity contribution < 1.29 is 19.0 Å². The minimum atomic E-state index is -0.505. The lowest BCUT2D eigenvalue weighted by molar-refractivity contribution is -0.112. The summed E-state index contributed by atoms with van der Waals surface area (Å²) < 4.78 is 19.5. The number of thiophene rings is 1. The van der Waals surface area contributed by atoms with Crippen molar-refractivity contribution in [2.45, 2.75) is 32.5 Å². The molecule has 2 aromatic heterocycles. The van der Waals surface area contributed by atoms with Gasteiger partial charge < -0.3 is 19.1 Å². The number of halogens is 1. The maximum Gasteiger partial charge on any atom is 0.410 e. The molecule has 2 unspecified atom stereocenters. The van der Waals surface area contributed by atoms with Crippen molar-refractivity contribution in [2.24, 2.45) is 11.8 Å². The van der Waals surface area contributed by atoms with Crippen molar-refractivity contribution in [2.75, 3.05) is 26.3 Å². The van der Waals surface area contributed by atoms with Gasteiger partial charge >= 0.3 is 6.09 Å². The normalized spacial score (nSPS) is 25.5. The van der Waals surface area contributed by atoms with Gasteiger partial charge in [0.1, 0.15) is 28.2 Å². The van der Waals surface area contributed by atoms with Crippen LogP contribution in [-0.4, -0.2) is 59.0 Å². The van der Waals surface area contributed by atoms with E-state index >= 15 is 0 Å². The first-order valence-corrected chi connectivity index (χ1v) is 10.6. The maximum atomic E-state index is 12.5. The molecule has 4 rings (SSSR count). The van der Waals surface area contributed by atoms with Crippen molar-refractivity contribution in [3.05, 3.63) is 16.2 Å². The zero-order valence-electron chi connectivity index (χ0n) is 15.5. The topological polar surface area (TPSA) is 73.8 Å². The highest BCUT2D eigenvalue weighted by atomic mass is 79.9. The number of nitrogens with zero attached hydrogens (tertiary/aromatic N) is 3. The lowest BCUT2D eigenvalue weighted by atomic mass is 9.84. The van der Waals surface area contributed by atoms with E-state index in [0.29, 0.717) is 32.2 Å². The van der Waals surface area contributed by atoms with Crippen LogP contribution in [0.25, 0.3) is 10.2 Å². The number of aromatic nitrogens is 2. The highest BCUT2D eigenvalue weighted by Crippen LogP contribution is 2.37. The number of rotatable bonds is 2. The summed E-state index contributed by atoms with van der Waals surface area (Å²) in [4.78, 5) is 22.9. The van der Waals surface area contributed by atoms with E-state index in [1.165, 1.54) is 6.33 Å². The van der Waals surface area contributed by atoms with E-state index in [-0.39, 0.29) is 24.0 Å². The van der Waals surface area contributed by atoms with E-state index in [0.717, 1.165) is 14.7 Å². The van der Waals surface area contributed by atoms with Crippen molar-refractivity contribution in [1.29, 1.82) is 0 Å². The Morgan fingerprint density at radius 2 is 2.00 bits per heavy atom. The Morgan fingerprint density at radius 3 is 2.67 bits per heavy atom. The number of carbonyl (C=O) groups excluding carboxylic acids is 1. The number of likely N-dealkylation sites (tertiary alicyclic amines) is 1. The van der Waals surface area contributed by atoms with Crippen LogP contribution in [0.3, 0.4) is 0 Å². The van der Waals surface area contributed by atoms with E-state index in [1.807, 2.05) is 26.2 Å². The Kier molecular flexibility index (Phi) is 5.02. The first kappa shape index (κ1) is 18.9. The Morgan fingerprint density at radius 1 is 1.30 bits per heavy atom.